The summed E-state index contributed by atoms with van der Waals surface area (Å²) in [4.78, 5) is 0. The number of hydrogen-bond donors (Lipinski definition) is 0. The molecule has 0 spiro atoms. The summed E-state index contributed by atoms with van der Waals surface area (Å²) < 4.78 is 22.9. The van der Waals surface area contributed by atoms with Crippen LogP contribution in [0.5, 0.6) is 0 Å². The Kier molecular flexibility index (Phi) is 3.08. The van der Waals surface area contributed by atoms with Crippen molar-refractivity contribution in [1.82, 2.24) is 0 Å². The van der Waals surface area contributed by atoms with E-state index in [9.17, 15) is 4.57 Å². The van der Waals surface area contributed by atoms with E-state index in [2.05, 4.69) is 15.9 Å². The molecule has 2 unspecified atom stereocenters. The average molecular weight is 269 g/mol. The first-order valence-electron chi connectivity index (χ1n) is 4.09. The molecule has 0 bridgehead atoms. The second kappa shape index (κ2) is 3.50. The van der Waals surface area contributed by atoms with Crippen LogP contribution < -0.4 is 0 Å². The summed E-state index contributed by atoms with van der Waals surface area (Å²) in [6.45, 7) is 5.93. The van der Waals surface area contributed by atoms with E-state index in [0.29, 0.717) is 0 Å². The van der Waals surface area contributed by atoms with Crippen molar-refractivity contribution in [2.24, 2.45) is 5.92 Å². The van der Waals surface area contributed by atoms with Gasteiger partial charge in [-0.25, -0.2) is 0 Å². The van der Waals surface area contributed by atoms with E-state index in [4.69, 9.17) is 9.05 Å². The Morgan fingerprint density at radius 1 is 1.69 bits per heavy atom. The smallest absolute Gasteiger partial charge is 0.309 e. The van der Waals surface area contributed by atoms with Crippen molar-refractivity contribution in [2.45, 2.75) is 26.4 Å². The Labute approximate surface area is 87.2 Å². The van der Waals surface area contributed by atoms with Gasteiger partial charge in [0.2, 0.25) is 0 Å². The third kappa shape index (κ3) is 1.91. The van der Waals surface area contributed by atoms with Crippen molar-refractivity contribution in [2.75, 3.05) is 7.11 Å². The van der Waals surface area contributed by atoms with Crippen molar-refractivity contribution in [3.63, 3.8) is 0 Å². The summed E-state index contributed by atoms with van der Waals surface area (Å²) in [5.74, 6) is 1.77. The van der Waals surface area contributed by atoms with Crippen LogP contribution in [-0.2, 0) is 13.6 Å². The molecule has 2 atom stereocenters. The second-order valence-electron chi connectivity index (χ2n) is 3.55. The van der Waals surface area contributed by atoms with E-state index in [1.54, 1.807) is 0 Å². The lowest BCUT2D eigenvalue weighted by atomic mass is 9.93. The van der Waals surface area contributed by atoms with Crippen molar-refractivity contribution in [1.29, 1.82) is 0 Å². The zero-order chi connectivity index (χ0) is 10.3. The zero-order valence-corrected chi connectivity index (χ0v) is 10.7. The van der Waals surface area contributed by atoms with Crippen LogP contribution in [-0.4, -0.2) is 12.7 Å². The van der Waals surface area contributed by atoms with E-state index in [-0.39, 0.29) is 5.92 Å². The highest BCUT2D eigenvalue weighted by atomic mass is 79.9. The zero-order valence-electron chi connectivity index (χ0n) is 8.20. The Morgan fingerprint density at radius 2 is 2.23 bits per heavy atom. The van der Waals surface area contributed by atoms with Gasteiger partial charge in [0.1, 0.15) is 5.60 Å². The fraction of sp³-hybridized carbons (Fsp3) is 0.750. The molecule has 1 aliphatic heterocycles. The van der Waals surface area contributed by atoms with Gasteiger partial charge in [-0.1, -0.05) is 29.8 Å². The molecule has 0 saturated heterocycles. The van der Waals surface area contributed by atoms with Crippen molar-refractivity contribution >= 4 is 23.5 Å². The van der Waals surface area contributed by atoms with Crippen LogP contribution in [0, 0.1) is 5.92 Å². The minimum atomic E-state index is -2.99. The molecule has 0 fully saturated rings. The molecular weight excluding hydrogens is 255 g/mol. The highest BCUT2D eigenvalue weighted by Gasteiger charge is 2.46. The highest BCUT2D eigenvalue weighted by molar-refractivity contribution is 9.11. The molecule has 0 amide bonds. The summed E-state index contributed by atoms with van der Waals surface area (Å²) >= 11 is 3.36. The lowest BCUT2D eigenvalue weighted by molar-refractivity contribution is 0.0807. The molecular formula is C8H14BrO3P. The molecule has 5 heteroatoms. The lowest BCUT2D eigenvalue weighted by Gasteiger charge is -2.29. The maximum absolute atomic E-state index is 11.8. The Morgan fingerprint density at radius 3 is 2.46 bits per heavy atom. The maximum Gasteiger partial charge on any atom is 0.355 e. The monoisotopic (exact) mass is 268 g/mol. The van der Waals surface area contributed by atoms with Crippen molar-refractivity contribution in [3.05, 3.63) is 10.3 Å². The number of hydrogen-bond acceptors (Lipinski definition) is 3. The Balaban J connectivity index is 3.01. The lowest BCUT2D eigenvalue weighted by Crippen LogP contribution is -2.31. The summed E-state index contributed by atoms with van der Waals surface area (Å²) in [5, 5.41) is 0. The van der Waals surface area contributed by atoms with Gasteiger partial charge in [0.15, 0.2) is 0 Å². The molecule has 13 heavy (non-hydrogen) atoms. The summed E-state index contributed by atoms with van der Waals surface area (Å²) in [5.41, 5.74) is -0.522. The molecule has 0 aliphatic carbocycles. The molecule has 0 aromatic heterocycles. The predicted molar refractivity (Wildman–Crippen MR) is 56.0 cm³/mol. The minimum absolute atomic E-state index is 0.240. The van der Waals surface area contributed by atoms with Gasteiger partial charge >= 0.3 is 7.60 Å². The molecule has 0 aromatic rings. The van der Waals surface area contributed by atoms with Crippen LogP contribution in [0.3, 0.4) is 0 Å². The van der Waals surface area contributed by atoms with Gasteiger partial charge in [-0.15, -0.1) is 0 Å². The van der Waals surface area contributed by atoms with Gasteiger partial charge in [0.25, 0.3) is 0 Å². The summed E-state index contributed by atoms with van der Waals surface area (Å²) in [7, 11) is -1.60. The molecule has 1 aliphatic rings. The third-order valence-corrected chi connectivity index (χ3v) is 5.51. The minimum Gasteiger partial charge on any atom is -0.309 e. The SMILES string of the molecule is COP1(=O)C=C(Br)C(C)(C(C)C)O1. The quantitative estimate of drug-likeness (QED) is 0.719. The molecule has 76 valence electrons. The van der Waals surface area contributed by atoms with E-state index in [0.717, 1.165) is 4.48 Å². The predicted octanol–water partition coefficient (Wildman–Crippen LogP) is 3.51. The molecule has 0 saturated carbocycles. The first-order chi connectivity index (χ1) is 5.84. The number of halogens is 1. The molecule has 1 heterocycles. The van der Waals surface area contributed by atoms with E-state index in [1.807, 2.05) is 20.8 Å². The topological polar surface area (TPSA) is 35.5 Å². The normalized spacial score (nSPS) is 39.7. The van der Waals surface area contributed by atoms with E-state index in [1.165, 1.54) is 12.9 Å². The summed E-state index contributed by atoms with van der Waals surface area (Å²) in [6, 6.07) is 0. The van der Waals surface area contributed by atoms with Crippen LogP contribution in [0.1, 0.15) is 20.8 Å². The largest absolute Gasteiger partial charge is 0.355 e. The standard InChI is InChI=1S/C8H14BrO3P/c1-6(2)8(3)7(9)5-13(10,11-4)12-8/h5-6H,1-4H3. The van der Waals surface area contributed by atoms with Gasteiger partial charge in [-0.2, -0.15) is 0 Å². The maximum atomic E-state index is 11.8. The van der Waals surface area contributed by atoms with E-state index < -0.39 is 13.2 Å². The van der Waals surface area contributed by atoms with Crippen LogP contribution >= 0.6 is 23.5 Å². The van der Waals surface area contributed by atoms with Crippen LogP contribution in [0.25, 0.3) is 0 Å². The molecule has 3 nitrogen and oxygen atoms in total. The van der Waals surface area contributed by atoms with Crippen LogP contribution in [0.2, 0.25) is 0 Å². The Hall–Kier alpha value is 0.370. The van der Waals surface area contributed by atoms with Crippen LogP contribution in [0.15, 0.2) is 10.3 Å². The second-order valence-corrected chi connectivity index (χ2v) is 6.29. The fourth-order valence-electron chi connectivity index (χ4n) is 1.07. The Bertz CT molecular complexity index is 287. The highest BCUT2D eigenvalue weighted by Crippen LogP contribution is 2.63. The van der Waals surface area contributed by atoms with Gasteiger partial charge in [0.05, 0.1) is 0 Å². The van der Waals surface area contributed by atoms with Gasteiger partial charge in [-0.05, 0) is 12.8 Å². The fourth-order valence-corrected chi connectivity index (χ4v) is 4.09. The number of rotatable bonds is 2. The average Bonchev–Trinajstić information content (AvgIpc) is 2.25. The molecule has 0 N–H and O–H groups in total. The third-order valence-electron chi connectivity index (χ3n) is 2.42. The van der Waals surface area contributed by atoms with Crippen LogP contribution in [0.4, 0.5) is 0 Å². The van der Waals surface area contributed by atoms with Crippen molar-refractivity contribution < 1.29 is 13.6 Å². The molecule has 0 aromatic carbocycles. The van der Waals surface area contributed by atoms with Crippen molar-refractivity contribution in [3.8, 4) is 0 Å². The summed E-state index contributed by atoms with van der Waals surface area (Å²) in [6.07, 6.45) is 0. The molecule has 0 radical (unpaired) electrons. The van der Waals surface area contributed by atoms with Gasteiger partial charge in [-0.3, -0.25) is 9.09 Å². The molecule has 1 rings (SSSR count). The first kappa shape index (κ1) is 11.4. The first-order valence-corrected chi connectivity index (χ1v) is 6.49. The van der Waals surface area contributed by atoms with E-state index >= 15 is 0 Å². The van der Waals surface area contributed by atoms with Gasteiger partial charge < -0.3 is 4.52 Å². The van der Waals surface area contributed by atoms with Gasteiger partial charge in [0, 0.05) is 17.4 Å².